The molecule has 144 valence electrons. The Labute approximate surface area is 167 Å². The molecule has 0 unspecified atom stereocenters. The van der Waals surface area contributed by atoms with Crippen molar-refractivity contribution in [2.75, 3.05) is 10.0 Å². The van der Waals surface area contributed by atoms with Gasteiger partial charge in [-0.25, -0.2) is 18.4 Å². The van der Waals surface area contributed by atoms with Crippen molar-refractivity contribution >= 4 is 39.0 Å². The van der Waals surface area contributed by atoms with Crippen molar-refractivity contribution in [3.8, 4) is 11.1 Å². The smallest absolute Gasteiger partial charge is 0.261 e. The number of nitrogens with one attached hydrogen (secondary N) is 2. The van der Waals surface area contributed by atoms with Crippen molar-refractivity contribution < 1.29 is 13.2 Å². The molecule has 2 N–H and O–H groups in total. The summed E-state index contributed by atoms with van der Waals surface area (Å²) < 4.78 is 27.5. The number of hydrogen-bond acceptors (Lipinski definition) is 5. The van der Waals surface area contributed by atoms with Crippen LogP contribution in [0.1, 0.15) is 13.3 Å². The lowest BCUT2D eigenvalue weighted by molar-refractivity contribution is -0.115. The molecule has 3 rings (SSSR count). The molecule has 0 atom stereocenters. The van der Waals surface area contributed by atoms with E-state index >= 15 is 0 Å². The van der Waals surface area contributed by atoms with Crippen molar-refractivity contribution in [3.63, 3.8) is 0 Å². The number of pyridine rings is 2. The van der Waals surface area contributed by atoms with Gasteiger partial charge >= 0.3 is 0 Å². The minimum Gasteiger partial charge on any atom is -0.311 e. The Bertz CT molecular complexity index is 1090. The summed E-state index contributed by atoms with van der Waals surface area (Å²) in [5, 5.41) is 2.69. The molecule has 0 spiro atoms. The first-order chi connectivity index (χ1) is 13.4. The number of halogens is 1. The molecule has 0 radical (unpaired) electrons. The molecule has 2 aromatic heterocycles. The Morgan fingerprint density at radius 1 is 1.04 bits per heavy atom. The summed E-state index contributed by atoms with van der Waals surface area (Å²) in [7, 11) is -3.80. The molecule has 1 amide bonds. The standard InChI is InChI=1S/C19H17ClN4O3S/c1-2-18(25)23-17-9-8-13(11-21-17)14-10-16(19(20)22-12-14)24-28(26,27)15-6-4-3-5-7-15/h3-12,24H,2H2,1H3,(H,21,23,25). The molecule has 0 aliphatic carbocycles. The SMILES string of the molecule is CCC(=O)Nc1ccc(-c2cnc(Cl)c(NS(=O)(=O)c3ccccc3)c2)cn1. The summed E-state index contributed by atoms with van der Waals surface area (Å²) in [6.45, 7) is 1.75. The van der Waals surface area contributed by atoms with E-state index in [0.29, 0.717) is 23.4 Å². The topological polar surface area (TPSA) is 101 Å². The maximum atomic E-state index is 12.5. The molecule has 2 heterocycles. The fourth-order valence-electron chi connectivity index (χ4n) is 2.35. The highest BCUT2D eigenvalue weighted by atomic mass is 35.5. The number of benzene rings is 1. The molecule has 1 aromatic carbocycles. The molecule has 0 aliphatic rings. The van der Waals surface area contributed by atoms with Crippen LogP contribution in [-0.2, 0) is 14.8 Å². The first kappa shape index (κ1) is 19.8. The van der Waals surface area contributed by atoms with Crippen molar-refractivity contribution in [3.05, 3.63) is 66.1 Å². The zero-order chi connectivity index (χ0) is 20.1. The fourth-order valence-corrected chi connectivity index (χ4v) is 3.64. The second-order valence-electron chi connectivity index (χ2n) is 5.81. The van der Waals surface area contributed by atoms with E-state index in [2.05, 4.69) is 20.0 Å². The van der Waals surface area contributed by atoms with Crippen LogP contribution in [0.15, 0.2) is 65.8 Å². The average Bonchev–Trinajstić information content (AvgIpc) is 2.71. The molecule has 28 heavy (non-hydrogen) atoms. The Morgan fingerprint density at radius 2 is 1.75 bits per heavy atom. The Balaban J connectivity index is 1.86. The van der Waals surface area contributed by atoms with Crippen LogP contribution in [0.5, 0.6) is 0 Å². The van der Waals surface area contributed by atoms with Crippen LogP contribution in [0.3, 0.4) is 0 Å². The van der Waals surface area contributed by atoms with Gasteiger partial charge in [-0.15, -0.1) is 0 Å². The second-order valence-corrected chi connectivity index (χ2v) is 7.86. The van der Waals surface area contributed by atoms with E-state index in [9.17, 15) is 13.2 Å². The van der Waals surface area contributed by atoms with Crippen LogP contribution in [0.4, 0.5) is 11.5 Å². The van der Waals surface area contributed by atoms with Gasteiger partial charge in [0.1, 0.15) is 5.82 Å². The van der Waals surface area contributed by atoms with E-state index in [1.165, 1.54) is 18.3 Å². The molecule has 7 nitrogen and oxygen atoms in total. The molecular weight excluding hydrogens is 400 g/mol. The summed E-state index contributed by atoms with van der Waals surface area (Å²) in [6, 6.07) is 13.0. The van der Waals surface area contributed by atoms with Gasteiger partial charge in [0.05, 0.1) is 10.6 Å². The highest BCUT2D eigenvalue weighted by molar-refractivity contribution is 7.92. The van der Waals surface area contributed by atoms with Gasteiger partial charge in [0.15, 0.2) is 5.15 Å². The Morgan fingerprint density at radius 3 is 2.39 bits per heavy atom. The molecule has 0 saturated heterocycles. The first-order valence-corrected chi connectivity index (χ1v) is 10.2. The molecule has 0 bridgehead atoms. The van der Waals surface area contributed by atoms with Crippen molar-refractivity contribution in [2.45, 2.75) is 18.2 Å². The quantitative estimate of drug-likeness (QED) is 0.592. The van der Waals surface area contributed by atoms with Crippen LogP contribution in [0, 0.1) is 0 Å². The summed E-state index contributed by atoms with van der Waals surface area (Å²) in [6.07, 6.45) is 3.44. The van der Waals surface area contributed by atoms with Crippen LogP contribution < -0.4 is 10.0 Å². The maximum absolute atomic E-state index is 12.5. The highest BCUT2D eigenvalue weighted by Gasteiger charge is 2.16. The van der Waals surface area contributed by atoms with Gasteiger partial charge < -0.3 is 5.32 Å². The van der Waals surface area contributed by atoms with Crippen molar-refractivity contribution in [2.24, 2.45) is 0 Å². The number of rotatable bonds is 6. The number of sulfonamides is 1. The fraction of sp³-hybridized carbons (Fsp3) is 0.105. The number of anilines is 2. The second kappa shape index (κ2) is 8.37. The van der Waals surface area contributed by atoms with Gasteiger partial charge in [-0.3, -0.25) is 9.52 Å². The highest BCUT2D eigenvalue weighted by Crippen LogP contribution is 2.28. The third-order valence-corrected chi connectivity index (χ3v) is 5.50. The van der Waals surface area contributed by atoms with Gasteiger partial charge in [-0.2, -0.15) is 0 Å². The third kappa shape index (κ3) is 4.65. The van der Waals surface area contributed by atoms with E-state index in [1.54, 1.807) is 49.5 Å². The number of aromatic nitrogens is 2. The molecule has 0 aliphatic heterocycles. The predicted molar refractivity (Wildman–Crippen MR) is 109 cm³/mol. The third-order valence-electron chi connectivity index (χ3n) is 3.82. The Hall–Kier alpha value is -2.97. The number of carbonyl (C=O) groups is 1. The monoisotopic (exact) mass is 416 g/mol. The van der Waals surface area contributed by atoms with Gasteiger partial charge in [-0.05, 0) is 30.3 Å². The van der Waals surface area contributed by atoms with Gasteiger partial charge in [0.2, 0.25) is 5.91 Å². The molecule has 9 heteroatoms. The van der Waals surface area contributed by atoms with Crippen LogP contribution >= 0.6 is 11.6 Å². The Kier molecular flexibility index (Phi) is 5.91. The van der Waals surface area contributed by atoms with Crippen LogP contribution in [0.2, 0.25) is 5.15 Å². The maximum Gasteiger partial charge on any atom is 0.261 e. The number of nitrogens with zero attached hydrogens (tertiary/aromatic N) is 2. The first-order valence-electron chi connectivity index (χ1n) is 8.39. The molecule has 0 fully saturated rings. The minimum absolute atomic E-state index is 0.0306. The molecule has 3 aromatic rings. The summed E-state index contributed by atoms with van der Waals surface area (Å²) in [5.74, 6) is 0.300. The van der Waals surface area contributed by atoms with E-state index < -0.39 is 10.0 Å². The van der Waals surface area contributed by atoms with Gasteiger partial charge in [-0.1, -0.05) is 36.7 Å². The number of hydrogen-bond donors (Lipinski definition) is 2. The minimum atomic E-state index is -3.80. The molecular formula is C19H17ClN4O3S. The van der Waals surface area contributed by atoms with E-state index in [-0.39, 0.29) is 21.6 Å². The lowest BCUT2D eigenvalue weighted by atomic mass is 10.1. The number of amides is 1. The zero-order valence-corrected chi connectivity index (χ0v) is 16.5. The van der Waals surface area contributed by atoms with E-state index in [4.69, 9.17) is 11.6 Å². The summed E-state index contributed by atoms with van der Waals surface area (Å²) >= 11 is 6.07. The average molecular weight is 417 g/mol. The van der Waals surface area contributed by atoms with E-state index in [1.807, 2.05) is 0 Å². The lowest BCUT2D eigenvalue weighted by Crippen LogP contribution is -2.13. The number of carbonyl (C=O) groups excluding carboxylic acids is 1. The largest absolute Gasteiger partial charge is 0.311 e. The van der Waals surface area contributed by atoms with Crippen LogP contribution in [0.25, 0.3) is 11.1 Å². The van der Waals surface area contributed by atoms with Crippen molar-refractivity contribution in [1.29, 1.82) is 0 Å². The summed E-state index contributed by atoms with van der Waals surface area (Å²) in [5.41, 5.74) is 1.47. The van der Waals surface area contributed by atoms with E-state index in [0.717, 1.165) is 0 Å². The van der Waals surface area contributed by atoms with Crippen molar-refractivity contribution in [1.82, 2.24) is 9.97 Å². The normalized spacial score (nSPS) is 11.1. The predicted octanol–water partition coefficient (Wildman–Crippen LogP) is 3.95. The van der Waals surface area contributed by atoms with Crippen LogP contribution in [-0.4, -0.2) is 24.3 Å². The summed E-state index contributed by atoms with van der Waals surface area (Å²) in [4.78, 5) is 19.8. The van der Waals surface area contributed by atoms with Gasteiger partial charge in [0.25, 0.3) is 10.0 Å². The lowest BCUT2D eigenvalue weighted by Gasteiger charge is -2.11. The zero-order valence-electron chi connectivity index (χ0n) is 14.9. The van der Waals surface area contributed by atoms with Gasteiger partial charge in [0, 0.05) is 29.9 Å². The molecule has 0 saturated carbocycles.